The number of nitrogens with two attached hydrogens (primary N) is 1. The Morgan fingerprint density at radius 2 is 1.97 bits per heavy atom. The highest BCUT2D eigenvalue weighted by atomic mass is 19.1. The molecule has 2 aromatic heterocycles. The summed E-state index contributed by atoms with van der Waals surface area (Å²) >= 11 is 0. The number of hydrogen-bond acceptors (Lipinski definition) is 9. The van der Waals surface area contributed by atoms with Gasteiger partial charge in [-0.15, -0.1) is 0 Å². The number of halogens is 1. The first-order valence-corrected chi connectivity index (χ1v) is 13.1. The summed E-state index contributed by atoms with van der Waals surface area (Å²) in [5.41, 5.74) is 7.73. The van der Waals surface area contributed by atoms with Gasteiger partial charge in [0.05, 0.1) is 17.1 Å². The minimum atomic E-state index is -0.459. The molecule has 3 aromatic rings. The Morgan fingerprint density at radius 3 is 2.71 bits per heavy atom. The van der Waals surface area contributed by atoms with Crippen molar-refractivity contribution in [1.82, 2.24) is 25.3 Å². The van der Waals surface area contributed by atoms with Crippen LogP contribution in [0.15, 0.2) is 30.5 Å². The van der Waals surface area contributed by atoms with Gasteiger partial charge in [0.1, 0.15) is 17.3 Å². The van der Waals surface area contributed by atoms with Crippen LogP contribution in [-0.2, 0) is 0 Å². The highest BCUT2D eigenvalue weighted by Crippen LogP contribution is 2.33. The Labute approximate surface area is 221 Å². The lowest BCUT2D eigenvalue weighted by Gasteiger charge is -2.34. The number of anilines is 4. The van der Waals surface area contributed by atoms with Gasteiger partial charge in [0, 0.05) is 58.1 Å². The third-order valence-electron chi connectivity index (χ3n) is 7.18. The van der Waals surface area contributed by atoms with Crippen LogP contribution in [-0.4, -0.2) is 78.2 Å². The highest BCUT2D eigenvalue weighted by Gasteiger charge is 2.25. The van der Waals surface area contributed by atoms with Crippen molar-refractivity contribution >= 4 is 29.0 Å². The van der Waals surface area contributed by atoms with E-state index in [1.807, 2.05) is 11.0 Å². The number of carbonyl (C=O) groups excluding carboxylic acids is 1. The van der Waals surface area contributed by atoms with E-state index < -0.39 is 5.91 Å². The van der Waals surface area contributed by atoms with Crippen molar-refractivity contribution in [2.75, 3.05) is 66.7 Å². The van der Waals surface area contributed by atoms with E-state index in [0.717, 1.165) is 38.3 Å². The van der Waals surface area contributed by atoms with Crippen LogP contribution in [0.1, 0.15) is 30.4 Å². The van der Waals surface area contributed by atoms with Gasteiger partial charge in [-0.1, -0.05) is 6.07 Å². The first-order valence-electron chi connectivity index (χ1n) is 13.1. The van der Waals surface area contributed by atoms with Crippen LogP contribution in [0.2, 0.25) is 0 Å². The molecule has 2 fully saturated rings. The molecule has 2 aliphatic heterocycles. The van der Waals surface area contributed by atoms with Gasteiger partial charge in [-0.25, -0.2) is 14.4 Å². The fourth-order valence-electron chi connectivity index (χ4n) is 5.06. The molecule has 0 saturated carbocycles. The summed E-state index contributed by atoms with van der Waals surface area (Å²) in [6.45, 7) is 6.67. The lowest BCUT2D eigenvalue weighted by atomic mass is 9.96. The van der Waals surface area contributed by atoms with Crippen LogP contribution in [0.4, 0.5) is 27.5 Å². The van der Waals surface area contributed by atoms with Gasteiger partial charge in [0.2, 0.25) is 5.95 Å². The average Bonchev–Trinajstić information content (AvgIpc) is 3.44. The van der Waals surface area contributed by atoms with Crippen molar-refractivity contribution in [1.29, 1.82) is 0 Å². The van der Waals surface area contributed by atoms with Crippen LogP contribution in [0.5, 0.6) is 0 Å². The molecule has 0 bridgehead atoms. The summed E-state index contributed by atoms with van der Waals surface area (Å²) in [6.07, 6.45) is 3.43. The van der Waals surface area contributed by atoms with E-state index in [1.54, 1.807) is 25.4 Å². The van der Waals surface area contributed by atoms with Gasteiger partial charge in [0.25, 0.3) is 5.91 Å². The van der Waals surface area contributed by atoms with Crippen molar-refractivity contribution in [3.8, 4) is 11.4 Å². The number of rotatable bonds is 7. The standard InChI is InChI=1S/C26H35FN10O/c1-16-15-37(11-8-30-16)22-12-20(34-26(29-2)35-22)21-14-31-24(32-21)25(38)33-19-5-3-4-18(27)23(19)36-9-6-17(13-28)7-10-36/h3-5,12,14,16-17,30H,6-11,13,15,28H2,1-2H3,(H,31,32)(H,33,38)(H,29,34,35)/t16-/m0/s1. The predicted octanol–water partition coefficient (Wildman–Crippen LogP) is 2.27. The maximum Gasteiger partial charge on any atom is 0.291 e. The minimum Gasteiger partial charge on any atom is -0.367 e. The van der Waals surface area contributed by atoms with E-state index in [-0.39, 0.29) is 11.6 Å². The number of aromatic nitrogens is 4. The van der Waals surface area contributed by atoms with Gasteiger partial charge in [-0.3, -0.25) is 4.79 Å². The van der Waals surface area contributed by atoms with Crippen molar-refractivity contribution < 1.29 is 9.18 Å². The van der Waals surface area contributed by atoms with E-state index in [9.17, 15) is 9.18 Å². The molecule has 12 heteroatoms. The normalized spacial score (nSPS) is 18.5. The maximum atomic E-state index is 14.9. The summed E-state index contributed by atoms with van der Waals surface area (Å²) < 4.78 is 14.9. The first-order chi connectivity index (χ1) is 18.4. The number of nitrogens with one attached hydrogen (secondary N) is 4. The average molecular weight is 523 g/mol. The molecule has 2 aliphatic rings. The largest absolute Gasteiger partial charge is 0.367 e. The lowest BCUT2D eigenvalue weighted by molar-refractivity contribution is 0.101. The van der Waals surface area contributed by atoms with Crippen molar-refractivity contribution in [3.63, 3.8) is 0 Å². The Bertz CT molecular complexity index is 1270. The van der Waals surface area contributed by atoms with E-state index >= 15 is 0 Å². The third kappa shape index (κ3) is 5.55. The second kappa shape index (κ2) is 11.3. The zero-order valence-corrected chi connectivity index (χ0v) is 21.8. The molecule has 38 heavy (non-hydrogen) atoms. The monoisotopic (exact) mass is 522 g/mol. The smallest absolute Gasteiger partial charge is 0.291 e. The molecule has 6 N–H and O–H groups in total. The van der Waals surface area contributed by atoms with Crippen molar-refractivity contribution in [3.05, 3.63) is 42.1 Å². The molecule has 0 unspecified atom stereocenters. The molecular formula is C26H35FN10O. The molecule has 4 heterocycles. The quantitative estimate of drug-likeness (QED) is 0.316. The molecule has 1 atom stereocenters. The second-order valence-corrected chi connectivity index (χ2v) is 9.88. The van der Waals surface area contributed by atoms with Crippen LogP contribution < -0.4 is 31.5 Å². The fraction of sp³-hybridized carbons (Fsp3) is 0.462. The number of amides is 1. The van der Waals surface area contributed by atoms with Crippen LogP contribution in [0.25, 0.3) is 11.4 Å². The van der Waals surface area contributed by atoms with Crippen LogP contribution in [0.3, 0.4) is 0 Å². The Morgan fingerprint density at radius 1 is 1.16 bits per heavy atom. The molecule has 1 amide bonds. The summed E-state index contributed by atoms with van der Waals surface area (Å²) in [7, 11) is 1.77. The van der Waals surface area contributed by atoms with E-state index in [0.29, 0.717) is 60.3 Å². The summed E-state index contributed by atoms with van der Waals surface area (Å²) in [6, 6.07) is 6.94. The predicted molar refractivity (Wildman–Crippen MR) is 147 cm³/mol. The van der Waals surface area contributed by atoms with E-state index in [2.05, 4.69) is 47.7 Å². The van der Waals surface area contributed by atoms with Gasteiger partial charge in [0.15, 0.2) is 5.82 Å². The number of H-pyrrole nitrogens is 1. The number of para-hydroxylation sites is 1. The SMILES string of the molecule is CNc1nc(-c2c[nH]c(C(=O)Nc3cccc(F)c3N3CCC(CN)CC3)n2)cc(N2CCN[C@@H](C)C2)n1. The number of nitrogens with zero attached hydrogens (tertiary/aromatic N) is 5. The first kappa shape index (κ1) is 25.9. The molecule has 0 aliphatic carbocycles. The highest BCUT2D eigenvalue weighted by molar-refractivity contribution is 6.04. The summed E-state index contributed by atoms with van der Waals surface area (Å²) in [4.78, 5) is 33.9. The second-order valence-electron chi connectivity index (χ2n) is 9.88. The molecule has 2 saturated heterocycles. The number of piperazine rings is 1. The van der Waals surface area contributed by atoms with Gasteiger partial charge in [-0.05, 0) is 44.4 Å². The van der Waals surface area contributed by atoms with Gasteiger partial charge < -0.3 is 36.5 Å². The van der Waals surface area contributed by atoms with Crippen molar-refractivity contribution in [2.24, 2.45) is 11.7 Å². The number of piperidine rings is 1. The molecule has 202 valence electrons. The minimum absolute atomic E-state index is 0.110. The van der Waals surface area contributed by atoms with E-state index in [4.69, 9.17) is 5.73 Å². The summed E-state index contributed by atoms with van der Waals surface area (Å²) in [5, 5.41) is 9.29. The lowest BCUT2D eigenvalue weighted by Crippen LogP contribution is -2.49. The Hall–Kier alpha value is -3.77. The molecular weight excluding hydrogens is 487 g/mol. The van der Waals surface area contributed by atoms with Crippen LogP contribution >= 0.6 is 0 Å². The third-order valence-corrected chi connectivity index (χ3v) is 7.18. The van der Waals surface area contributed by atoms with Gasteiger partial charge in [-0.2, -0.15) is 4.98 Å². The molecule has 1 aromatic carbocycles. The Kier molecular flexibility index (Phi) is 7.70. The van der Waals surface area contributed by atoms with Gasteiger partial charge >= 0.3 is 0 Å². The molecule has 0 radical (unpaired) electrons. The zero-order chi connectivity index (χ0) is 26.6. The topological polar surface area (TPSA) is 140 Å². The Balaban J connectivity index is 1.35. The summed E-state index contributed by atoms with van der Waals surface area (Å²) in [5.74, 6) is 0.991. The van der Waals surface area contributed by atoms with Crippen molar-refractivity contribution in [2.45, 2.75) is 25.8 Å². The zero-order valence-electron chi connectivity index (χ0n) is 21.8. The number of aromatic amines is 1. The van der Waals surface area contributed by atoms with E-state index in [1.165, 1.54) is 6.07 Å². The fourth-order valence-corrected chi connectivity index (χ4v) is 5.06. The molecule has 0 spiro atoms. The van der Waals surface area contributed by atoms with Crippen LogP contribution in [0, 0.1) is 11.7 Å². The molecule has 5 rings (SSSR count). The molecule has 11 nitrogen and oxygen atoms in total. The maximum absolute atomic E-state index is 14.9. The number of hydrogen-bond donors (Lipinski definition) is 5. The number of benzene rings is 1. The number of imidazole rings is 1. The number of carbonyl (C=O) groups is 1.